The lowest BCUT2D eigenvalue weighted by Crippen LogP contribution is -2.22. The Labute approximate surface area is 136 Å². The Balaban J connectivity index is 2.56. The van der Waals surface area contributed by atoms with Gasteiger partial charge in [-0.05, 0) is 40.9 Å². The van der Waals surface area contributed by atoms with E-state index < -0.39 is 0 Å². The topological polar surface area (TPSA) is 0 Å². The number of benzene rings is 1. The first-order valence-electron chi connectivity index (χ1n) is 7.93. The van der Waals surface area contributed by atoms with Gasteiger partial charge in [0.05, 0.1) is 0 Å². The molecule has 114 valence electrons. The van der Waals surface area contributed by atoms with E-state index in [-0.39, 0.29) is 15.8 Å². The van der Waals surface area contributed by atoms with Crippen molar-refractivity contribution in [2.24, 2.45) is 0 Å². The molecule has 0 N–H and O–H groups in total. The maximum Gasteiger partial charge on any atom is 0.0426 e. The van der Waals surface area contributed by atoms with E-state index in [0.29, 0.717) is 0 Å². The van der Waals surface area contributed by atoms with Crippen LogP contribution in [0.25, 0.3) is 10.4 Å². The second kappa shape index (κ2) is 8.42. The summed E-state index contributed by atoms with van der Waals surface area (Å²) in [6, 6.07) is 11.0. The summed E-state index contributed by atoms with van der Waals surface area (Å²) in [6.07, 6.45) is 5.26. The number of hydrogen-bond acceptors (Lipinski definition) is 1. The maximum absolute atomic E-state index is 2.48. The Morgan fingerprint density at radius 1 is 0.810 bits per heavy atom. The van der Waals surface area contributed by atoms with Gasteiger partial charge in [-0.25, -0.2) is 0 Å². The van der Waals surface area contributed by atoms with E-state index in [9.17, 15) is 0 Å². The molecule has 2 aromatic rings. The molecule has 3 heteroatoms. The van der Waals surface area contributed by atoms with Crippen LogP contribution in [0.1, 0.15) is 27.7 Å². The fourth-order valence-electron chi connectivity index (χ4n) is 2.77. The summed E-state index contributed by atoms with van der Waals surface area (Å²) in [5, 5.41) is 5.94. The summed E-state index contributed by atoms with van der Waals surface area (Å²) in [4.78, 5) is 1.55. The van der Waals surface area contributed by atoms with E-state index in [2.05, 4.69) is 63.4 Å². The molecule has 0 saturated carbocycles. The van der Waals surface area contributed by atoms with Gasteiger partial charge in [0, 0.05) is 10.2 Å². The second-order valence-electron chi connectivity index (χ2n) is 5.01. The number of thiophene rings is 1. The highest BCUT2D eigenvalue weighted by Gasteiger charge is 2.22. The van der Waals surface area contributed by atoms with Crippen molar-refractivity contribution >= 4 is 37.8 Å². The third-order valence-corrected chi connectivity index (χ3v) is 10.7. The third-order valence-electron chi connectivity index (χ3n) is 3.97. The fraction of sp³-hybridized carbons (Fsp3) is 0.444. The van der Waals surface area contributed by atoms with Gasteiger partial charge >= 0.3 is 0 Å². The Hall–Kier alpha value is -0.220. The fourth-order valence-corrected chi connectivity index (χ4v) is 9.35. The summed E-state index contributed by atoms with van der Waals surface area (Å²) in [6.45, 7) is 9.45. The van der Waals surface area contributed by atoms with Crippen LogP contribution in [0.3, 0.4) is 0 Å². The van der Waals surface area contributed by atoms with Gasteiger partial charge < -0.3 is 0 Å². The minimum Gasteiger partial charge on any atom is -0.142 e. The van der Waals surface area contributed by atoms with E-state index >= 15 is 0 Å². The SMILES string of the molecule is CCP(CC)c1csc(-c2ccccc2)c1P(CC)CC. The average Bonchev–Trinajstić information content (AvgIpc) is 2.96. The molecule has 0 radical (unpaired) electrons. The van der Waals surface area contributed by atoms with Crippen LogP contribution in [0, 0.1) is 0 Å². The predicted octanol–water partition coefficient (Wildman–Crippen LogP) is 5.71. The number of hydrogen-bond donors (Lipinski definition) is 0. The molecule has 0 aliphatic carbocycles. The van der Waals surface area contributed by atoms with Gasteiger partial charge in [-0.3, -0.25) is 0 Å². The van der Waals surface area contributed by atoms with Gasteiger partial charge in [-0.15, -0.1) is 11.3 Å². The molecule has 0 nitrogen and oxygen atoms in total. The maximum atomic E-state index is 2.48. The highest BCUT2D eigenvalue weighted by molar-refractivity contribution is 7.73. The van der Waals surface area contributed by atoms with Crippen molar-refractivity contribution in [2.75, 3.05) is 24.6 Å². The van der Waals surface area contributed by atoms with E-state index in [1.54, 1.807) is 15.5 Å². The quantitative estimate of drug-likeness (QED) is 0.568. The lowest BCUT2D eigenvalue weighted by atomic mass is 10.2. The first-order valence-corrected chi connectivity index (χ1v) is 12.2. The highest BCUT2D eigenvalue weighted by atomic mass is 32.1. The summed E-state index contributed by atoms with van der Waals surface area (Å²) < 4.78 is 0. The zero-order valence-electron chi connectivity index (χ0n) is 13.6. The van der Waals surface area contributed by atoms with E-state index in [1.165, 1.54) is 30.2 Å². The van der Waals surface area contributed by atoms with Crippen molar-refractivity contribution in [2.45, 2.75) is 27.7 Å². The van der Waals surface area contributed by atoms with Gasteiger partial charge in [0.2, 0.25) is 0 Å². The molecular weight excluding hydrogens is 310 g/mol. The summed E-state index contributed by atoms with van der Waals surface area (Å²) in [5.41, 5.74) is 1.42. The van der Waals surface area contributed by atoms with Crippen molar-refractivity contribution in [1.29, 1.82) is 0 Å². The van der Waals surface area contributed by atoms with Crippen molar-refractivity contribution in [3.05, 3.63) is 35.7 Å². The normalized spacial score (nSPS) is 11.5. The predicted molar refractivity (Wildman–Crippen MR) is 105 cm³/mol. The van der Waals surface area contributed by atoms with Crippen molar-refractivity contribution in [1.82, 2.24) is 0 Å². The largest absolute Gasteiger partial charge is 0.142 e. The van der Waals surface area contributed by atoms with Gasteiger partial charge in [0.15, 0.2) is 0 Å². The first kappa shape index (κ1) is 17.1. The van der Waals surface area contributed by atoms with Gasteiger partial charge in [-0.1, -0.05) is 73.9 Å². The van der Waals surface area contributed by atoms with Crippen LogP contribution in [0.5, 0.6) is 0 Å². The lowest BCUT2D eigenvalue weighted by molar-refractivity contribution is 1.42. The average molecular weight is 336 g/mol. The lowest BCUT2D eigenvalue weighted by Gasteiger charge is -2.21. The highest BCUT2D eigenvalue weighted by Crippen LogP contribution is 2.44. The molecule has 0 bridgehead atoms. The minimum atomic E-state index is 0.00323. The van der Waals surface area contributed by atoms with Crippen molar-refractivity contribution < 1.29 is 0 Å². The van der Waals surface area contributed by atoms with Crippen LogP contribution in [0.4, 0.5) is 0 Å². The van der Waals surface area contributed by atoms with Gasteiger partial charge in [-0.2, -0.15) is 0 Å². The van der Waals surface area contributed by atoms with Crippen LogP contribution < -0.4 is 10.6 Å². The smallest absolute Gasteiger partial charge is 0.0426 e. The van der Waals surface area contributed by atoms with E-state index in [4.69, 9.17) is 0 Å². The minimum absolute atomic E-state index is 0.00323. The van der Waals surface area contributed by atoms with Crippen LogP contribution in [-0.4, -0.2) is 24.6 Å². The molecule has 0 atom stereocenters. The molecule has 0 unspecified atom stereocenters. The molecule has 0 aliphatic rings. The molecule has 21 heavy (non-hydrogen) atoms. The molecular formula is C18H26P2S. The molecule has 0 amide bonds. The van der Waals surface area contributed by atoms with Crippen molar-refractivity contribution in [3.8, 4) is 10.4 Å². The van der Waals surface area contributed by atoms with E-state index in [0.717, 1.165) is 0 Å². The molecule has 0 saturated heterocycles. The molecule has 0 fully saturated rings. The molecule has 2 rings (SSSR count). The molecule has 0 spiro atoms. The monoisotopic (exact) mass is 336 g/mol. The van der Waals surface area contributed by atoms with Crippen LogP contribution >= 0.6 is 27.2 Å². The third kappa shape index (κ3) is 3.76. The standard InChI is InChI=1S/C18H26P2S/c1-5-19(6-2)16-14-21-18(15-12-10-9-11-13-15)17(16)20(7-3)8-4/h9-14H,5-8H2,1-4H3. The van der Waals surface area contributed by atoms with Gasteiger partial charge in [0.25, 0.3) is 0 Å². The Kier molecular flexibility index (Phi) is 6.87. The second-order valence-corrected chi connectivity index (χ2v) is 11.5. The Morgan fingerprint density at radius 3 is 1.90 bits per heavy atom. The zero-order valence-corrected chi connectivity index (χ0v) is 16.2. The molecule has 1 aromatic heterocycles. The number of rotatable bonds is 7. The Morgan fingerprint density at radius 2 is 1.38 bits per heavy atom. The first-order chi connectivity index (χ1) is 10.3. The van der Waals surface area contributed by atoms with Crippen LogP contribution in [-0.2, 0) is 0 Å². The summed E-state index contributed by atoms with van der Waals surface area (Å²) >= 11 is 1.98. The Bertz CT molecular complexity index is 540. The molecule has 1 aromatic carbocycles. The summed E-state index contributed by atoms with van der Waals surface area (Å²) in [7, 11) is 0.0443. The molecule has 0 aliphatic heterocycles. The van der Waals surface area contributed by atoms with Crippen LogP contribution in [0.15, 0.2) is 35.7 Å². The van der Waals surface area contributed by atoms with Crippen LogP contribution in [0.2, 0.25) is 0 Å². The zero-order chi connectivity index (χ0) is 15.2. The van der Waals surface area contributed by atoms with E-state index in [1.807, 2.05) is 11.3 Å². The molecule has 1 heterocycles. The van der Waals surface area contributed by atoms with Crippen molar-refractivity contribution in [3.63, 3.8) is 0 Å². The van der Waals surface area contributed by atoms with Gasteiger partial charge in [0.1, 0.15) is 0 Å². The summed E-state index contributed by atoms with van der Waals surface area (Å²) in [5.74, 6) is 0.